The van der Waals surface area contributed by atoms with Crippen molar-refractivity contribution < 1.29 is 13.9 Å². The SMILES string of the molecule is CCN(CC1CCN(C(=NC)NCc2cc(C#N)ccc2F)CC1)C(=O)OC(C)(C)C. The molecule has 1 heterocycles. The van der Waals surface area contributed by atoms with Crippen LogP contribution in [0.3, 0.4) is 0 Å². The lowest BCUT2D eigenvalue weighted by Crippen LogP contribution is -2.47. The van der Waals surface area contributed by atoms with E-state index >= 15 is 0 Å². The highest BCUT2D eigenvalue weighted by molar-refractivity contribution is 5.80. The van der Waals surface area contributed by atoms with Gasteiger partial charge in [0.15, 0.2) is 5.96 Å². The van der Waals surface area contributed by atoms with Gasteiger partial charge in [-0.25, -0.2) is 9.18 Å². The Morgan fingerprint density at radius 3 is 2.61 bits per heavy atom. The number of guanidine groups is 1. The first-order valence-electron chi connectivity index (χ1n) is 10.8. The number of aliphatic imine (C=N–C) groups is 1. The number of benzene rings is 1. The van der Waals surface area contributed by atoms with Gasteiger partial charge in [-0.15, -0.1) is 0 Å². The van der Waals surface area contributed by atoms with Gasteiger partial charge in [0, 0.05) is 45.3 Å². The summed E-state index contributed by atoms with van der Waals surface area (Å²) < 4.78 is 19.5. The Labute approximate surface area is 184 Å². The summed E-state index contributed by atoms with van der Waals surface area (Å²) >= 11 is 0. The molecular formula is C23H34FN5O2. The number of carbonyl (C=O) groups is 1. The highest BCUT2D eigenvalue weighted by atomic mass is 19.1. The van der Waals surface area contributed by atoms with Crippen LogP contribution in [-0.2, 0) is 11.3 Å². The summed E-state index contributed by atoms with van der Waals surface area (Å²) in [6.45, 7) is 10.7. The van der Waals surface area contributed by atoms with E-state index in [0.29, 0.717) is 36.1 Å². The molecule has 2 rings (SSSR count). The zero-order valence-corrected chi connectivity index (χ0v) is 19.2. The van der Waals surface area contributed by atoms with Gasteiger partial charge in [-0.3, -0.25) is 4.99 Å². The number of piperidine rings is 1. The van der Waals surface area contributed by atoms with E-state index in [2.05, 4.69) is 15.2 Å². The predicted molar refractivity (Wildman–Crippen MR) is 119 cm³/mol. The van der Waals surface area contributed by atoms with Gasteiger partial charge in [-0.05, 0) is 64.7 Å². The molecule has 0 atom stereocenters. The number of hydrogen-bond donors (Lipinski definition) is 1. The first-order valence-corrected chi connectivity index (χ1v) is 10.8. The van der Waals surface area contributed by atoms with Crippen LogP contribution < -0.4 is 5.32 Å². The van der Waals surface area contributed by atoms with Gasteiger partial charge in [-0.2, -0.15) is 5.26 Å². The number of rotatable bonds is 5. The maximum Gasteiger partial charge on any atom is 0.410 e. The highest BCUT2D eigenvalue weighted by Gasteiger charge is 2.27. The van der Waals surface area contributed by atoms with Crippen molar-refractivity contribution in [1.29, 1.82) is 5.26 Å². The van der Waals surface area contributed by atoms with Gasteiger partial charge in [-0.1, -0.05) is 0 Å². The van der Waals surface area contributed by atoms with E-state index in [1.807, 2.05) is 33.8 Å². The normalized spacial score (nSPS) is 15.4. The molecule has 1 aromatic carbocycles. The molecule has 0 radical (unpaired) electrons. The standard InChI is InChI=1S/C23H34FN5O2/c1-6-28(22(30)31-23(2,3)4)16-17-9-11-29(12-10-17)21(26-5)27-15-19-13-18(14-25)7-8-20(19)24/h7-8,13,17H,6,9-12,15-16H2,1-5H3,(H,26,27). The zero-order chi connectivity index (χ0) is 23.0. The first kappa shape index (κ1) is 24.4. The fourth-order valence-corrected chi connectivity index (χ4v) is 3.58. The molecule has 0 aromatic heterocycles. The molecule has 0 aliphatic carbocycles. The van der Waals surface area contributed by atoms with E-state index in [1.165, 1.54) is 12.1 Å². The maximum absolute atomic E-state index is 14.0. The molecule has 7 nitrogen and oxygen atoms in total. The van der Waals surface area contributed by atoms with Crippen LogP contribution in [0.15, 0.2) is 23.2 Å². The summed E-state index contributed by atoms with van der Waals surface area (Å²) in [5, 5.41) is 12.2. The number of nitrogens with zero attached hydrogens (tertiary/aromatic N) is 4. The molecule has 1 aliphatic heterocycles. The first-order chi connectivity index (χ1) is 14.7. The van der Waals surface area contributed by atoms with Crippen molar-refractivity contribution in [1.82, 2.24) is 15.1 Å². The van der Waals surface area contributed by atoms with E-state index in [4.69, 9.17) is 10.00 Å². The number of nitriles is 1. The monoisotopic (exact) mass is 431 g/mol. The highest BCUT2D eigenvalue weighted by Crippen LogP contribution is 2.20. The fourth-order valence-electron chi connectivity index (χ4n) is 3.58. The van der Waals surface area contributed by atoms with E-state index in [-0.39, 0.29) is 18.5 Å². The second kappa shape index (κ2) is 11.0. The third-order valence-corrected chi connectivity index (χ3v) is 5.25. The number of amides is 1. The molecule has 0 bridgehead atoms. The minimum absolute atomic E-state index is 0.260. The molecule has 1 aliphatic rings. The Hall–Kier alpha value is -2.82. The van der Waals surface area contributed by atoms with E-state index in [0.717, 1.165) is 25.9 Å². The van der Waals surface area contributed by atoms with Crippen LogP contribution in [0.5, 0.6) is 0 Å². The van der Waals surface area contributed by atoms with Crippen molar-refractivity contribution >= 4 is 12.1 Å². The number of ether oxygens (including phenoxy) is 1. The van der Waals surface area contributed by atoms with Crippen LogP contribution in [0.1, 0.15) is 51.7 Å². The summed E-state index contributed by atoms with van der Waals surface area (Å²) in [6, 6.07) is 6.37. The van der Waals surface area contributed by atoms with Crippen molar-refractivity contribution in [2.24, 2.45) is 10.9 Å². The van der Waals surface area contributed by atoms with Gasteiger partial charge in [0.25, 0.3) is 0 Å². The molecule has 1 amide bonds. The number of carbonyl (C=O) groups excluding carboxylic acids is 1. The van der Waals surface area contributed by atoms with Crippen LogP contribution in [0, 0.1) is 23.1 Å². The lowest BCUT2D eigenvalue weighted by Gasteiger charge is -2.36. The molecule has 1 fully saturated rings. The maximum atomic E-state index is 14.0. The van der Waals surface area contributed by atoms with Crippen LogP contribution >= 0.6 is 0 Å². The van der Waals surface area contributed by atoms with E-state index < -0.39 is 5.60 Å². The van der Waals surface area contributed by atoms with Crippen LogP contribution in [0.25, 0.3) is 0 Å². The summed E-state index contributed by atoms with van der Waals surface area (Å²) in [5.74, 6) is 0.758. The van der Waals surface area contributed by atoms with Crippen molar-refractivity contribution in [2.75, 3.05) is 33.2 Å². The lowest BCUT2D eigenvalue weighted by atomic mass is 9.96. The van der Waals surface area contributed by atoms with Gasteiger partial charge >= 0.3 is 6.09 Å². The van der Waals surface area contributed by atoms with E-state index in [1.54, 1.807) is 18.0 Å². The smallest absolute Gasteiger partial charge is 0.410 e. The van der Waals surface area contributed by atoms with Crippen molar-refractivity contribution in [3.8, 4) is 6.07 Å². The average Bonchev–Trinajstić information content (AvgIpc) is 2.73. The summed E-state index contributed by atoms with van der Waals surface area (Å²) in [4.78, 5) is 20.6. The van der Waals surface area contributed by atoms with Gasteiger partial charge < -0.3 is 19.9 Å². The minimum Gasteiger partial charge on any atom is -0.444 e. The third-order valence-electron chi connectivity index (χ3n) is 5.25. The number of nitrogens with one attached hydrogen (secondary N) is 1. The van der Waals surface area contributed by atoms with Crippen molar-refractivity contribution in [2.45, 2.75) is 52.7 Å². The van der Waals surface area contributed by atoms with Gasteiger partial charge in [0.2, 0.25) is 0 Å². The molecule has 0 saturated carbocycles. The topological polar surface area (TPSA) is 81.0 Å². The Morgan fingerprint density at radius 2 is 2.06 bits per heavy atom. The number of hydrogen-bond acceptors (Lipinski definition) is 4. The second-order valence-corrected chi connectivity index (χ2v) is 8.77. The predicted octanol–water partition coefficient (Wildman–Crippen LogP) is 3.74. The van der Waals surface area contributed by atoms with Crippen molar-refractivity contribution in [3.63, 3.8) is 0 Å². The number of likely N-dealkylation sites (tertiary alicyclic amines) is 1. The zero-order valence-electron chi connectivity index (χ0n) is 19.2. The summed E-state index contributed by atoms with van der Waals surface area (Å²) in [7, 11) is 1.71. The third kappa shape index (κ3) is 7.42. The average molecular weight is 432 g/mol. The molecule has 1 aromatic rings. The van der Waals surface area contributed by atoms with E-state index in [9.17, 15) is 9.18 Å². The fraction of sp³-hybridized carbons (Fsp3) is 0.609. The van der Waals surface area contributed by atoms with Gasteiger partial charge in [0.1, 0.15) is 11.4 Å². The molecule has 170 valence electrons. The molecular weight excluding hydrogens is 397 g/mol. The van der Waals surface area contributed by atoms with Crippen molar-refractivity contribution in [3.05, 3.63) is 35.1 Å². The Morgan fingerprint density at radius 1 is 1.39 bits per heavy atom. The Kier molecular flexibility index (Phi) is 8.66. The molecule has 8 heteroatoms. The Balaban J connectivity index is 1.88. The number of halogens is 1. The molecule has 0 spiro atoms. The lowest BCUT2D eigenvalue weighted by molar-refractivity contribution is 0.0214. The Bertz CT molecular complexity index is 820. The minimum atomic E-state index is -0.502. The quantitative estimate of drug-likeness (QED) is 0.567. The largest absolute Gasteiger partial charge is 0.444 e. The van der Waals surface area contributed by atoms with Crippen LogP contribution in [0.4, 0.5) is 9.18 Å². The second-order valence-electron chi connectivity index (χ2n) is 8.77. The summed E-state index contributed by atoms with van der Waals surface area (Å²) in [5.41, 5.74) is 0.364. The molecule has 1 N–H and O–H groups in total. The van der Waals surface area contributed by atoms with Gasteiger partial charge in [0.05, 0.1) is 11.6 Å². The summed E-state index contributed by atoms with van der Waals surface area (Å²) in [6.07, 6.45) is 1.59. The molecule has 0 unspecified atom stereocenters. The molecule has 1 saturated heterocycles. The van der Waals surface area contributed by atoms with Crippen LogP contribution in [0.2, 0.25) is 0 Å². The molecule has 31 heavy (non-hydrogen) atoms. The van der Waals surface area contributed by atoms with Crippen LogP contribution in [-0.4, -0.2) is 60.7 Å².